The number of amides is 1. The van der Waals surface area contributed by atoms with Crippen LogP contribution < -0.4 is 4.18 Å². The van der Waals surface area contributed by atoms with E-state index in [2.05, 4.69) is 0 Å². The van der Waals surface area contributed by atoms with Crippen LogP contribution in [-0.2, 0) is 21.5 Å². The lowest BCUT2D eigenvalue weighted by molar-refractivity contribution is -0.133. The van der Waals surface area contributed by atoms with Gasteiger partial charge in [-0.15, -0.1) is 0 Å². The summed E-state index contributed by atoms with van der Waals surface area (Å²) in [6.45, 7) is 6.27. The molecule has 0 aromatic heterocycles. The van der Waals surface area contributed by atoms with Gasteiger partial charge in [0.1, 0.15) is 10.6 Å². The van der Waals surface area contributed by atoms with Crippen molar-refractivity contribution in [3.63, 3.8) is 0 Å². The van der Waals surface area contributed by atoms with Gasteiger partial charge in [0, 0.05) is 19.0 Å². The molecule has 1 aliphatic rings. The molecule has 0 bridgehead atoms. The van der Waals surface area contributed by atoms with E-state index in [1.165, 1.54) is 6.07 Å². The fourth-order valence-corrected chi connectivity index (χ4v) is 4.94. The summed E-state index contributed by atoms with van der Waals surface area (Å²) in [6, 6.07) is 12.0. The Hall–Kier alpha value is -2.05. The van der Waals surface area contributed by atoms with Gasteiger partial charge in [-0.2, -0.15) is 8.42 Å². The Balaban J connectivity index is 1.72. The van der Waals surface area contributed by atoms with E-state index in [-0.39, 0.29) is 21.6 Å². The van der Waals surface area contributed by atoms with Crippen molar-refractivity contribution in [2.75, 3.05) is 0 Å². The molecule has 3 rings (SSSR count). The highest BCUT2D eigenvalue weighted by atomic mass is 35.5. The van der Waals surface area contributed by atoms with Crippen LogP contribution in [0.5, 0.6) is 5.75 Å². The van der Waals surface area contributed by atoms with Gasteiger partial charge in [-0.25, -0.2) is 0 Å². The van der Waals surface area contributed by atoms with Crippen LogP contribution in [0.15, 0.2) is 47.4 Å². The third-order valence-corrected chi connectivity index (χ3v) is 6.67. The molecule has 2 aromatic rings. The topological polar surface area (TPSA) is 63.7 Å². The number of aryl methyl sites for hydroxylation is 1. The zero-order chi connectivity index (χ0) is 21.2. The van der Waals surface area contributed by atoms with Crippen molar-refractivity contribution in [1.29, 1.82) is 0 Å². The van der Waals surface area contributed by atoms with E-state index in [0.29, 0.717) is 30.5 Å². The van der Waals surface area contributed by atoms with Crippen molar-refractivity contribution in [2.24, 2.45) is 5.92 Å². The van der Waals surface area contributed by atoms with Gasteiger partial charge in [-0.3, -0.25) is 4.79 Å². The maximum Gasteiger partial charge on any atom is 0.340 e. The van der Waals surface area contributed by atoms with Crippen LogP contribution in [0.2, 0.25) is 5.02 Å². The molecule has 1 amide bonds. The van der Waals surface area contributed by atoms with E-state index in [1.807, 2.05) is 18.7 Å². The summed E-state index contributed by atoms with van der Waals surface area (Å²) < 4.78 is 30.5. The van der Waals surface area contributed by atoms with Gasteiger partial charge in [0.2, 0.25) is 5.91 Å². The van der Waals surface area contributed by atoms with E-state index in [1.54, 1.807) is 43.3 Å². The van der Waals surface area contributed by atoms with Gasteiger partial charge >= 0.3 is 10.1 Å². The quantitative estimate of drug-likeness (QED) is 0.550. The first-order valence-electron chi connectivity index (χ1n) is 9.75. The number of rotatable bonds is 8. The lowest BCUT2D eigenvalue weighted by Crippen LogP contribution is -2.33. The normalized spacial score (nSPS) is 14.1. The first kappa shape index (κ1) is 21.7. The largest absolute Gasteiger partial charge is 0.379 e. The second-order valence-electron chi connectivity index (χ2n) is 7.92. The van der Waals surface area contributed by atoms with E-state index in [9.17, 15) is 13.2 Å². The Morgan fingerprint density at radius 1 is 1.17 bits per heavy atom. The standard InChI is InChI=1S/C22H26ClNO4S/c1-15(2)13-21(25)24(18-9-10-18)14-17-7-11-19(12-8-17)28-29(26,27)22-16(3)5-4-6-20(22)23/h4-8,11-12,15,18H,9-10,13-14H2,1-3H3. The van der Waals surface area contributed by atoms with Gasteiger partial charge in [-0.1, -0.05) is 49.7 Å². The summed E-state index contributed by atoms with van der Waals surface area (Å²) in [4.78, 5) is 14.4. The molecule has 156 valence electrons. The van der Waals surface area contributed by atoms with Crippen LogP contribution >= 0.6 is 11.6 Å². The van der Waals surface area contributed by atoms with E-state index in [4.69, 9.17) is 15.8 Å². The zero-order valence-corrected chi connectivity index (χ0v) is 18.5. The van der Waals surface area contributed by atoms with Gasteiger partial charge in [0.25, 0.3) is 0 Å². The van der Waals surface area contributed by atoms with Crippen LogP contribution in [0.4, 0.5) is 0 Å². The molecule has 7 heteroatoms. The van der Waals surface area contributed by atoms with Gasteiger partial charge < -0.3 is 9.08 Å². The Kier molecular flexibility index (Phi) is 6.54. The second-order valence-corrected chi connectivity index (χ2v) is 9.81. The maximum absolute atomic E-state index is 12.6. The summed E-state index contributed by atoms with van der Waals surface area (Å²) in [5.41, 5.74) is 1.46. The average molecular weight is 436 g/mol. The van der Waals surface area contributed by atoms with Gasteiger partial charge in [-0.05, 0) is 55.0 Å². The van der Waals surface area contributed by atoms with Gasteiger partial charge in [0.05, 0.1) is 5.02 Å². The van der Waals surface area contributed by atoms with Crippen LogP contribution in [0, 0.1) is 12.8 Å². The van der Waals surface area contributed by atoms with E-state index >= 15 is 0 Å². The average Bonchev–Trinajstić information content (AvgIpc) is 3.44. The number of hydrogen-bond acceptors (Lipinski definition) is 4. The summed E-state index contributed by atoms with van der Waals surface area (Å²) in [7, 11) is -4.04. The van der Waals surface area contributed by atoms with Crippen molar-refractivity contribution < 1.29 is 17.4 Å². The number of halogens is 1. The lowest BCUT2D eigenvalue weighted by Gasteiger charge is -2.23. The Bertz CT molecular complexity index is 962. The monoisotopic (exact) mass is 435 g/mol. The summed E-state index contributed by atoms with van der Waals surface area (Å²) in [5, 5.41) is 0.130. The predicted octanol–water partition coefficient (Wildman–Crippen LogP) is 4.95. The van der Waals surface area contributed by atoms with Crippen molar-refractivity contribution in [2.45, 2.75) is 57.5 Å². The molecule has 0 spiro atoms. The zero-order valence-electron chi connectivity index (χ0n) is 16.9. The molecule has 0 atom stereocenters. The summed E-state index contributed by atoms with van der Waals surface area (Å²) in [6.07, 6.45) is 2.62. The molecular formula is C22H26ClNO4S. The molecule has 0 aliphatic heterocycles. The molecule has 0 radical (unpaired) electrons. The fraction of sp³-hybridized carbons (Fsp3) is 0.409. The first-order valence-corrected chi connectivity index (χ1v) is 11.5. The highest BCUT2D eigenvalue weighted by Gasteiger charge is 2.32. The van der Waals surface area contributed by atoms with E-state index < -0.39 is 10.1 Å². The molecule has 0 N–H and O–H groups in total. The first-order chi connectivity index (χ1) is 13.7. The van der Waals surface area contributed by atoms with Crippen LogP contribution in [0.3, 0.4) is 0 Å². The Labute approximate surface area is 177 Å². The third kappa shape index (κ3) is 5.52. The molecule has 2 aromatic carbocycles. The van der Waals surface area contributed by atoms with Gasteiger partial charge in [0.15, 0.2) is 0 Å². The SMILES string of the molecule is Cc1cccc(Cl)c1S(=O)(=O)Oc1ccc(CN(C(=O)CC(C)C)C2CC2)cc1. The fourth-order valence-electron chi connectivity index (χ4n) is 3.22. The molecule has 29 heavy (non-hydrogen) atoms. The van der Waals surface area contributed by atoms with Crippen LogP contribution in [-0.4, -0.2) is 25.3 Å². The Morgan fingerprint density at radius 2 is 1.83 bits per heavy atom. The minimum absolute atomic E-state index is 0.0232. The number of carbonyl (C=O) groups excluding carboxylic acids is 1. The molecule has 1 fully saturated rings. The number of nitrogens with zero attached hydrogens (tertiary/aromatic N) is 1. The molecule has 1 saturated carbocycles. The molecule has 5 nitrogen and oxygen atoms in total. The molecule has 0 heterocycles. The minimum Gasteiger partial charge on any atom is -0.379 e. The molecule has 0 unspecified atom stereocenters. The third-order valence-electron chi connectivity index (χ3n) is 4.79. The smallest absolute Gasteiger partial charge is 0.340 e. The number of hydrogen-bond donors (Lipinski definition) is 0. The maximum atomic E-state index is 12.6. The highest BCUT2D eigenvalue weighted by Crippen LogP contribution is 2.31. The summed E-state index contributed by atoms with van der Waals surface area (Å²) in [5.74, 6) is 0.692. The minimum atomic E-state index is -4.04. The van der Waals surface area contributed by atoms with Crippen molar-refractivity contribution in [1.82, 2.24) is 4.90 Å². The molecule has 0 saturated heterocycles. The second kappa shape index (κ2) is 8.76. The lowest BCUT2D eigenvalue weighted by atomic mass is 10.1. The van der Waals surface area contributed by atoms with Crippen molar-refractivity contribution in [3.05, 3.63) is 58.6 Å². The van der Waals surface area contributed by atoms with Crippen LogP contribution in [0.25, 0.3) is 0 Å². The number of carbonyl (C=O) groups is 1. The van der Waals surface area contributed by atoms with Crippen molar-refractivity contribution in [3.8, 4) is 5.75 Å². The molecule has 1 aliphatic carbocycles. The highest BCUT2D eigenvalue weighted by molar-refractivity contribution is 7.87. The van der Waals surface area contributed by atoms with Crippen LogP contribution in [0.1, 0.15) is 44.2 Å². The summed E-state index contributed by atoms with van der Waals surface area (Å²) >= 11 is 6.07. The number of benzene rings is 2. The predicted molar refractivity (Wildman–Crippen MR) is 113 cm³/mol. The Morgan fingerprint density at radius 3 is 2.38 bits per heavy atom. The van der Waals surface area contributed by atoms with E-state index in [0.717, 1.165) is 18.4 Å². The van der Waals surface area contributed by atoms with Crippen molar-refractivity contribution >= 4 is 27.6 Å². The molecular weight excluding hydrogens is 410 g/mol.